The molecule has 1 spiro atoms. The van der Waals surface area contributed by atoms with E-state index >= 15 is 0 Å². The predicted octanol–water partition coefficient (Wildman–Crippen LogP) is 4.46. The van der Waals surface area contributed by atoms with E-state index in [1.54, 1.807) is 11.3 Å². The highest BCUT2D eigenvalue weighted by atomic mass is 32.1. The normalized spacial score (nSPS) is 24.9. The van der Waals surface area contributed by atoms with Crippen molar-refractivity contribution in [2.24, 2.45) is 5.41 Å². The lowest BCUT2D eigenvalue weighted by Gasteiger charge is -2.44. The van der Waals surface area contributed by atoms with Crippen LogP contribution in [0.3, 0.4) is 0 Å². The van der Waals surface area contributed by atoms with Crippen molar-refractivity contribution in [3.8, 4) is 10.6 Å². The van der Waals surface area contributed by atoms with Crippen molar-refractivity contribution in [1.82, 2.24) is 9.88 Å². The largest absolute Gasteiger partial charge is 0.378 e. The molecule has 2 heterocycles. The number of rotatable bonds is 4. The molecule has 0 atom stereocenters. The number of benzene rings is 1. The zero-order valence-corrected chi connectivity index (χ0v) is 16.6. The standard InChI is InChI=1S/C21H26N2O2S/c1-4-25-16-10-21(11-16)7-8-23(13-21)20(24)18-12-26-19(22-18)17-6-5-14(2)9-15(17)3/h5-6,9,12,16H,4,7-8,10-11,13H2,1-3H3. The molecule has 1 amide bonds. The molecular formula is C21H26N2O2S. The molecule has 2 aromatic rings. The Morgan fingerprint density at radius 2 is 2.19 bits per heavy atom. The maximum Gasteiger partial charge on any atom is 0.273 e. The Bertz CT molecular complexity index is 823. The van der Waals surface area contributed by atoms with Crippen molar-refractivity contribution in [3.63, 3.8) is 0 Å². The molecule has 5 heteroatoms. The van der Waals surface area contributed by atoms with Gasteiger partial charge in [-0.25, -0.2) is 4.98 Å². The van der Waals surface area contributed by atoms with E-state index in [0.717, 1.165) is 49.5 Å². The van der Waals surface area contributed by atoms with Gasteiger partial charge in [0.1, 0.15) is 10.7 Å². The van der Waals surface area contributed by atoms with Gasteiger partial charge in [0.2, 0.25) is 0 Å². The highest BCUT2D eigenvalue weighted by Gasteiger charge is 2.50. The summed E-state index contributed by atoms with van der Waals surface area (Å²) in [5.41, 5.74) is 4.45. The van der Waals surface area contributed by atoms with E-state index in [1.807, 2.05) is 17.2 Å². The van der Waals surface area contributed by atoms with E-state index in [1.165, 1.54) is 11.1 Å². The van der Waals surface area contributed by atoms with Gasteiger partial charge in [0.05, 0.1) is 6.10 Å². The number of ether oxygens (including phenoxy) is 1. The number of carbonyl (C=O) groups is 1. The average molecular weight is 371 g/mol. The number of amides is 1. The van der Waals surface area contributed by atoms with Gasteiger partial charge in [-0.2, -0.15) is 0 Å². The van der Waals surface area contributed by atoms with Crippen LogP contribution in [0.1, 0.15) is 47.8 Å². The van der Waals surface area contributed by atoms with Gasteiger partial charge >= 0.3 is 0 Å². The molecule has 0 radical (unpaired) electrons. The molecule has 26 heavy (non-hydrogen) atoms. The van der Waals surface area contributed by atoms with Crippen LogP contribution in [-0.2, 0) is 4.74 Å². The molecule has 4 nitrogen and oxygen atoms in total. The number of aromatic nitrogens is 1. The number of thiazole rings is 1. The summed E-state index contributed by atoms with van der Waals surface area (Å²) >= 11 is 1.56. The van der Waals surface area contributed by atoms with Crippen molar-refractivity contribution in [1.29, 1.82) is 0 Å². The smallest absolute Gasteiger partial charge is 0.273 e. The SMILES string of the molecule is CCOC1CC2(CCN(C(=O)c3csc(-c4ccc(C)cc4C)n3)C2)C1. The van der Waals surface area contributed by atoms with Gasteiger partial charge in [0, 0.05) is 30.6 Å². The molecule has 1 aliphatic carbocycles. The minimum absolute atomic E-state index is 0.0778. The van der Waals surface area contributed by atoms with Gasteiger partial charge in [-0.3, -0.25) is 4.79 Å². The fourth-order valence-electron chi connectivity index (χ4n) is 4.41. The summed E-state index contributed by atoms with van der Waals surface area (Å²) in [4.78, 5) is 19.5. The number of carbonyl (C=O) groups excluding carboxylic acids is 1. The van der Waals surface area contributed by atoms with Gasteiger partial charge in [-0.15, -0.1) is 11.3 Å². The molecule has 1 aromatic heterocycles. The first-order valence-corrected chi connectivity index (χ1v) is 10.3. The van der Waals surface area contributed by atoms with Crippen molar-refractivity contribution in [2.45, 2.75) is 46.1 Å². The third-order valence-electron chi connectivity index (χ3n) is 5.78. The number of aryl methyl sites for hydroxylation is 2. The first-order valence-electron chi connectivity index (χ1n) is 9.44. The Labute approximate surface area is 159 Å². The molecule has 1 aliphatic heterocycles. The Morgan fingerprint density at radius 1 is 1.38 bits per heavy atom. The van der Waals surface area contributed by atoms with Crippen molar-refractivity contribution < 1.29 is 9.53 Å². The molecular weight excluding hydrogens is 344 g/mol. The van der Waals surface area contributed by atoms with Crippen LogP contribution in [0.4, 0.5) is 0 Å². The van der Waals surface area contributed by atoms with Crippen LogP contribution >= 0.6 is 11.3 Å². The van der Waals surface area contributed by atoms with Crippen LogP contribution in [0.5, 0.6) is 0 Å². The van der Waals surface area contributed by atoms with Crippen LogP contribution in [0.15, 0.2) is 23.6 Å². The average Bonchev–Trinajstić information content (AvgIpc) is 3.21. The van der Waals surface area contributed by atoms with E-state index in [0.29, 0.717) is 17.2 Å². The third-order valence-corrected chi connectivity index (χ3v) is 6.66. The predicted molar refractivity (Wildman–Crippen MR) is 105 cm³/mol. The highest BCUT2D eigenvalue weighted by Crippen LogP contribution is 2.49. The molecule has 0 bridgehead atoms. The van der Waals surface area contributed by atoms with Crippen LogP contribution in [-0.4, -0.2) is 41.6 Å². The second-order valence-corrected chi connectivity index (χ2v) is 8.68. The molecule has 1 saturated carbocycles. The second-order valence-electron chi connectivity index (χ2n) is 7.82. The Morgan fingerprint density at radius 3 is 2.92 bits per heavy atom. The summed E-state index contributed by atoms with van der Waals surface area (Å²) in [6, 6.07) is 6.36. The summed E-state index contributed by atoms with van der Waals surface area (Å²) in [6.45, 7) is 8.71. The Kier molecular flexibility index (Phi) is 4.61. The molecule has 0 unspecified atom stereocenters. The van der Waals surface area contributed by atoms with E-state index in [9.17, 15) is 4.79 Å². The van der Waals surface area contributed by atoms with Crippen molar-refractivity contribution >= 4 is 17.2 Å². The number of likely N-dealkylation sites (tertiary alicyclic amines) is 1. The molecule has 0 N–H and O–H groups in total. The van der Waals surface area contributed by atoms with Gasteiger partial charge in [-0.05, 0) is 51.0 Å². The van der Waals surface area contributed by atoms with Gasteiger partial charge < -0.3 is 9.64 Å². The minimum atomic E-state index is 0.0778. The van der Waals surface area contributed by atoms with E-state index in [4.69, 9.17) is 4.74 Å². The maximum atomic E-state index is 12.9. The van der Waals surface area contributed by atoms with Crippen LogP contribution in [0.25, 0.3) is 10.6 Å². The minimum Gasteiger partial charge on any atom is -0.378 e. The summed E-state index contributed by atoms with van der Waals surface area (Å²) in [6.07, 6.45) is 3.67. The lowest BCUT2D eigenvalue weighted by Crippen LogP contribution is -2.45. The van der Waals surface area contributed by atoms with E-state index in [-0.39, 0.29) is 5.91 Å². The zero-order chi connectivity index (χ0) is 18.3. The summed E-state index contributed by atoms with van der Waals surface area (Å²) in [7, 11) is 0. The fraction of sp³-hybridized carbons (Fsp3) is 0.524. The first kappa shape index (κ1) is 17.7. The summed E-state index contributed by atoms with van der Waals surface area (Å²) in [5.74, 6) is 0.0778. The lowest BCUT2D eigenvalue weighted by atomic mass is 9.66. The number of hydrogen-bond acceptors (Lipinski definition) is 4. The van der Waals surface area contributed by atoms with E-state index < -0.39 is 0 Å². The van der Waals surface area contributed by atoms with E-state index in [2.05, 4.69) is 37.0 Å². The Hall–Kier alpha value is -1.72. The van der Waals surface area contributed by atoms with Crippen molar-refractivity contribution in [2.75, 3.05) is 19.7 Å². The van der Waals surface area contributed by atoms with Gasteiger partial charge in [0.15, 0.2) is 0 Å². The lowest BCUT2D eigenvalue weighted by molar-refractivity contribution is -0.0708. The molecule has 138 valence electrons. The summed E-state index contributed by atoms with van der Waals surface area (Å²) < 4.78 is 5.70. The van der Waals surface area contributed by atoms with Crippen LogP contribution < -0.4 is 0 Å². The van der Waals surface area contributed by atoms with Gasteiger partial charge in [-0.1, -0.05) is 23.8 Å². The quantitative estimate of drug-likeness (QED) is 0.798. The number of nitrogens with zero attached hydrogens (tertiary/aromatic N) is 2. The second kappa shape index (κ2) is 6.78. The highest BCUT2D eigenvalue weighted by molar-refractivity contribution is 7.13. The molecule has 2 aliphatic rings. The van der Waals surface area contributed by atoms with Crippen LogP contribution in [0, 0.1) is 19.3 Å². The topological polar surface area (TPSA) is 42.4 Å². The summed E-state index contributed by atoms with van der Waals surface area (Å²) in [5, 5.41) is 2.84. The first-order chi connectivity index (χ1) is 12.5. The van der Waals surface area contributed by atoms with Crippen LogP contribution in [0.2, 0.25) is 0 Å². The monoisotopic (exact) mass is 370 g/mol. The third kappa shape index (κ3) is 3.19. The molecule has 1 saturated heterocycles. The molecule has 2 fully saturated rings. The zero-order valence-electron chi connectivity index (χ0n) is 15.7. The number of hydrogen-bond donors (Lipinski definition) is 0. The fourth-order valence-corrected chi connectivity index (χ4v) is 5.30. The Balaban J connectivity index is 1.44. The maximum absolute atomic E-state index is 12.9. The molecule has 1 aromatic carbocycles. The van der Waals surface area contributed by atoms with Gasteiger partial charge in [0.25, 0.3) is 5.91 Å². The molecule has 4 rings (SSSR count). The van der Waals surface area contributed by atoms with Crippen molar-refractivity contribution in [3.05, 3.63) is 40.4 Å².